The number of carbonyl (C=O) groups excluding carboxylic acids is 1. The molecule has 3 nitrogen and oxygen atoms in total. The highest BCUT2D eigenvalue weighted by atomic mass is 16.1. The number of rotatable bonds is 2. The summed E-state index contributed by atoms with van der Waals surface area (Å²) in [5.41, 5.74) is 4.96. The molecule has 0 spiro atoms. The first-order chi connectivity index (χ1) is 5.29. The molecule has 1 saturated heterocycles. The van der Waals surface area contributed by atoms with Crippen LogP contribution in [0.3, 0.4) is 0 Å². The van der Waals surface area contributed by atoms with Gasteiger partial charge >= 0.3 is 0 Å². The second-order valence-corrected chi connectivity index (χ2v) is 2.81. The van der Waals surface area contributed by atoms with Crippen molar-refractivity contribution in [3.63, 3.8) is 0 Å². The van der Waals surface area contributed by atoms with Gasteiger partial charge in [-0.15, -0.1) is 0 Å². The lowest BCUT2D eigenvalue weighted by atomic mass is 10.1. The smallest absolute Gasteiger partial charge is 0.242 e. The van der Waals surface area contributed by atoms with E-state index in [1.807, 2.05) is 0 Å². The van der Waals surface area contributed by atoms with E-state index in [4.69, 9.17) is 5.73 Å². The summed E-state index contributed by atoms with van der Waals surface area (Å²) in [6.45, 7) is 2.12. The highest BCUT2D eigenvalue weighted by Gasteiger charge is 2.04. The Bertz CT molecular complexity index is 159. The van der Waals surface area contributed by atoms with Crippen LogP contribution in [0.4, 0.5) is 0 Å². The number of hydrogen-bond acceptors (Lipinski definition) is 2. The van der Waals surface area contributed by atoms with Crippen LogP contribution in [0, 0.1) is 0 Å². The first kappa shape index (κ1) is 8.11. The van der Waals surface area contributed by atoms with Crippen molar-refractivity contribution in [2.45, 2.75) is 19.3 Å². The molecule has 0 aromatic carbocycles. The number of piperidine rings is 1. The Morgan fingerprint density at radius 3 is 2.45 bits per heavy atom. The zero-order valence-electron chi connectivity index (χ0n) is 6.62. The van der Waals surface area contributed by atoms with E-state index in [0.29, 0.717) is 0 Å². The van der Waals surface area contributed by atoms with Crippen LogP contribution in [-0.4, -0.2) is 23.9 Å². The number of nitrogens with zero attached hydrogens (tertiary/aromatic N) is 1. The fraction of sp³-hybridized carbons (Fsp3) is 0.625. The lowest BCUT2D eigenvalue weighted by Gasteiger charge is -2.24. The van der Waals surface area contributed by atoms with Crippen LogP contribution in [0.2, 0.25) is 0 Å². The number of nitrogens with two attached hydrogens (primary N) is 1. The quantitative estimate of drug-likeness (QED) is 0.588. The zero-order chi connectivity index (χ0) is 8.10. The Hall–Kier alpha value is -0.990. The average molecular weight is 154 g/mol. The fourth-order valence-corrected chi connectivity index (χ4v) is 1.25. The number of amides is 1. The largest absolute Gasteiger partial charge is 0.377 e. The third-order valence-electron chi connectivity index (χ3n) is 1.84. The molecule has 1 aliphatic rings. The van der Waals surface area contributed by atoms with E-state index in [2.05, 4.69) is 4.90 Å². The molecule has 1 heterocycles. The molecule has 0 aromatic heterocycles. The molecule has 1 aliphatic heterocycles. The number of likely N-dealkylation sites (tertiary alicyclic amines) is 1. The van der Waals surface area contributed by atoms with Gasteiger partial charge in [0.15, 0.2) is 0 Å². The van der Waals surface area contributed by atoms with E-state index >= 15 is 0 Å². The zero-order valence-corrected chi connectivity index (χ0v) is 6.62. The van der Waals surface area contributed by atoms with Gasteiger partial charge in [0.2, 0.25) is 5.91 Å². The minimum Gasteiger partial charge on any atom is -0.377 e. The molecule has 0 aromatic rings. The maximum Gasteiger partial charge on any atom is 0.242 e. The first-order valence-corrected chi connectivity index (χ1v) is 4.01. The summed E-state index contributed by atoms with van der Waals surface area (Å²) in [5.74, 6) is -0.365. The molecular formula is C8H14N2O. The second kappa shape index (κ2) is 4.01. The molecule has 0 unspecified atom stereocenters. The molecule has 0 bridgehead atoms. The molecule has 0 atom stereocenters. The summed E-state index contributed by atoms with van der Waals surface area (Å²) < 4.78 is 0. The van der Waals surface area contributed by atoms with Crippen LogP contribution >= 0.6 is 0 Å². The van der Waals surface area contributed by atoms with Crippen molar-refractivity contribution in [3.05, 3.63) is 12.3 Å². The Balaban J connectivity index is 2.29. The summed E-state index contributed by atoms with van der Waals surface area (Å²) in [4.78, 5) is 12.5. The minimum absolute atomic E-state index is 0.365. The standard InChI is InChI=1S/C8H14N2O/c9-8(11)4-7-10-5-2-1-3-6-10/h4,7H,1-3,5-6H2,(H2,9,11). The van der Waals surface area contributed by atoms with Crippen molar-refractivity contribution in [1.29, 1.82) is 0 Å². The third kappa shape index (κ3) is 3.07. The van der Waals surface area contributed by atoms with Crippen molar-refractivity contribution in [3.8, 4) is 0 Å². The van der Waals surface area contributed by atoms with Gasteiger partial charge in [0, 0.05) is 25.4 Å². The van der Waals surface area contributed by atoms with Crippen LogP contribution in [0.25, 0.3) is 0 Å². The molecule has 0 radical (unpaired) electrons. The number of hydrogen-bond donors (Lipinski definition) is 1. The second-order valence-electron chi connectivity index (χ2n) is 2.81. The Labute approximate surface area is 66.9 Å². The molecule has 62 valence electrons. The molecule has 0 saturated carbocycles. The van der Waals surface area contributed by atoms with Crippen molar-refractivity contribution in [1.82, 2.24) is 4.90 Å². The summed E-state index contributed by atoms with van der Waals surface area (Å²) in [6.07, 6.45) is 6.97. The van der Waals surface area contributed by atoms with Crippen LogP contribution < -0.4 is 5.73 Å². The molecule has 3 heteroatoms. The monoisotopic (exact) mass is 154 g/mol. The topological polar surface area (TPSA) is 46.3 Å². The molecule has 2 N–H and O–H groups in total. The van der Waals surface area contributed by atoms with Gasteiger partial charge in [-0.3, -0.25) is 4.79 Å². The molecule has 11 heavy (non-hydrogen) atoms. The van der Waals surface area contributed by atoms with Gasteiger partial charge in [-0.25, -0.2) is 0 Å². The molecule has 1 fully saturated rings. The van der Waals surface area contributed by atoms with E-state index in [0.717, 1.165) is 13.1 Å². The average Bonchev–Trinajstić information content (AvgIpc) is 2.03. The Morgan fingerprint density at radius 1 is 1.27 bits per heavy atom. The molecule has 1 rings (SSSR count). The van der Waals surface area contributed by atoms with Gasteiger partial charge < -0.3 is 10.6 Å². The Morgan fingerprint density at radius 2 is 1.91 bits per heavy atom. The van der Waals surface area contributed by atoms with E-state index in [9.17, 15) is 4.79 Å². The first-order valence-electron chi connectivity index (χ1n) is 4.01. The molecule has 0 aliphatic carbocycles. The van der Waals surface area contributed by atoms with Crippen molar-refractivity contribution in [2.75, 3.05) is 13.1 Å². The van der Waals surface area contributed by atoms with E-state index in [-0.39, 0.29) is 5.91 Å². The van der Waals surface area contributed by atoms with Gasteiger partial charge in [0.1, 0.15) is 0 Å². The van der Waals surface area contributed by atoms with Gasteiger partial charge in [0.05, 0.1) is 0 Å². The summed E-state index contributed by atoms with van der Waals surface area (Å²) >= 11 is 0. The molecular weight excluding hydrogens is 140 g/mol. The van der Waals surface area contributed by atoms with Crippen LogP contribution in [-0.2, 0) is 4.79 Å². The minimum atomic E-state index is -0.365. The number of primary amides is 1. The normalized spacial score (nSPS) is 19.1. The van der Waals surface area contributed by atoms with Crippen LogP contribution in [0.15, 0.2) is 12.3 Å². The summed E-state index contributed by atoms with van der Waals surface area (Å²) in [5, 5.41) is 0. The predicted molar refractivity (Wildman–Crippen MR) is 43.8 cm³/mol. The van der Waals surface area contributed by atoms with E-state index in [1.165, 1.54) is 25.3 Å². The van der Waals surface area contributed by atoms with Gasteiger partial charge in [-0.1, -0.05) is 0 Å². The highest BCUT2D eigenvalue weighted by molar-refractivity contribution is 5.85. The van der Waals surface area contributed by atoms with Crippen LogP contribution in [0.1, 0.15) is 19.3 Å². The van der Waals surface area contributed by atoms with E-state index in [1.54, 1.807) is 6.20 Å². The van der Waals surface area contributed by atoms with Gasteiger partial charge in [-0.2, -0.15) is 0 Å². The maximum atomic E-state index is 10.4. The third-order valence-corrected chi connectivity index (χ3v) is 1.84. The van der Waals surface area contributed by atoms with Crippen LogP contribution in [0.5, 0.6) is 0 Å². The Kier molecular flexibility index (Phi) is 2.95. The number of carbonyl (C=O) groups is 1. The lowest BCUT2D eigenvalue weighted by Crippen LogP contribution is -2.24. The van der Waals surface area contributed by atoms with E-state index < -0.39 is 0 Å². The predicted octanol–water partition coefficient (Wildman–Crippen LogP) is 0.471. The van der Waals surface area contributed by atoms with Crippen molar-refractivity contribution >= 4 is 5.91 Å². The van der Waals surface area contributed by atoms with Gasteiger partial charge in [-0.05, 0) is 19.3 Å². The van der Waals surface area contributed by atoms with Gasteiger partial charge in [0.25, 0.3) is 0 Å². The van der Waals surface area contributed by atoms with Crippen molar-refractivity contribution < 1.29 is 4.79 Å². The maximum absolute atomic E-state index is 10.4. The van der Waals surface area contributed by atoms with Crippen molar-refractivity contribution in [2.24, 2.45) is 5.73 Å². The molecule has 1 amide bonds. The SMILES string of the molecule is NC(=O)C=CN1CCCCC1. The summed E-state index contributed by atoms with van der Waals surface area (Å²) in [6, 6.07) is 0. The summed E-state index contributed by atoms with van der Waals surface area (Å²) in [7, 11) is 0. The lowest BCUT2D eigenvalue weighted by molar-refractivity contribution is -0.113. The fourth-order valence-electron chi connectivity index (χ4n) is 1.25. The highest BCUT2D eigenvalue weighted by Crippen LogP contribution is 2.08.